The zero-order chi connectivity index (χ0) is 19.5. The van der Waals surface area contributed by atoms with E-state index in [1.807, 2.05) is 24.3 Å². The van der Waals surface area contributed by atoms with Gasteiger partial charge in [0.15, 0.2) is 0 Å². The number of alkyl halides is 3. The molecule has 1 unspecified atom stereocenters. The lowest BCUT2D eigenvalue weighted by atomic mass is 10.2. The third-order valence-electron chi connectivity index (χ3n) is 3.90. The van der Waals surface area contributed by atoms with Crippen LogP contribution < -0.4 is 4.72 Å². The number of hydrogen-bond acceptors (Lipinski definition) is 3. The molecule has 0 fully saturated rings. The summed E-state index contributed by atoms with van der Waals surface area (Å²) in [7, 11) is -1.71. The van der Waals surface area contributed by atoms with Gasteiger partial charge in [-0.05, 0) is 30.3 Å². The molecule has 0 radical (unpaired) electrons. The van der Waals surface area contributed by atoms with Crippen molar-refractivity contribution in [1.82, 2.24) is 9.71 Å². The quantitative estimate of drug-likeness (QED) is 0.602. The molecule has 3 aromatic rings. The van der Waals surface area contributed by atoms with Crippen LogP contribution in [0.5, 0.6) is 0 Å². The summed E-state index contributed by atoms with van der Waals surface area (Å²) < 4.78 is 64.1. The van der Waals surface area contributed by atoms with E-state index in [2.05, 4.69) is 14.1 Å². The molecular formula is C18H18F3N3O2S. The fourth-order valence-electron chi connectivity index (χ4n) is 2.55. The Bertz CT molecular complexity index is 1040. The van der Waals surface area contributed by atoms with Crippen LogP contribution in [0, 0.1) is 0 Å². The van der Waals surface area contributed by atoms with Crippen molar-refractivity contribution in [3.05, 3.63) is 60.3 Å². The number of nitrogens with one attached hydrogen (secondary N) is 2. The van der Waals surface area contributed by atoms with Gasteiger partial charge < -0.3 is 9.72 Å². The summed E-state index contributed by atoms with van der Waals surface area (Å²) in [5.41, 5.74) is 0.472. The van der Waals surface area contributed by atoms with Gasteiger partial charge in [0.25, 0.3) is 0 Å². The molecule has 0 aliphatic heterocycles. The maximum absolute atomic E-state index is 13.5. The van der Waals surface area contributed by atoms with Crippen LogP contribution in [0.3, 0.4) is 0 Å². The SMILES string of the molecule is COCCNS(=O)(=Nc1c[nH]c2ccccc12)c1ccc(C(F)(F)F)cc1. The van der Waals surface area contributed by atoms with E-state index in [-0.39, 0.29) is 18.0 Å². The Morgan fingerprint density at radius 2 is 1.85 bits per heavy atom. The lowest BCUT2D eigenvalue weighted by Gasteiger charge is -2.13. The number of aromatic amines is 1. The molecule has 5 nitrogen and oxygen atoms in total. The second-order valence-corrected chi connectivity index (χ2v) is 7.74. The number of H-pyrrole nitrogens is 1. The second kappa shape index (κ2) is 7.71. The molecule has 3 rings (SSSR count). The minimum Gasteiger partial charge on any atom is -0.383 e. The molecule has 2 aromatic carbocycles. The predicted octanol–water partition coefficient (Wildman–Crippen LogP) is 4.50. The average molecular weight is 397 g/mol. The number of para-hydroxylation sites is 1. The molecule has 0 amide bonds. The van der Waals surface area contributed by atoms with Crippen LogP contribution in [-0.4, -0.2) is 29.5 Å². The molecule has 27 heavy (non-hydrogen) atoms. The van der Waals surface area contributed by atoms with Crippen LogP contribution in [0.25, 0.3) is 10.9 Å². The standard InChI is InChI=1S/C18H18F3N3O2S/c1-26-11-10-23-27(25,14-8-6-13(7-9-14)18(19,20)21)24-17-12-22-16-5-3-2-4-15(16)17/h2-9,12,22H,10-11H2,1H3,(H,23,24,25). The summed E-state index contributed by atoms with van der Waals surface area (Å²) in [6.45, 7) is 0.503. The molecule has 0 spiro atoms. The van der Waals surface area contributed by atoms with Crippen LogP contribution in [0.15, 0.2) is 64.0 Å². The van der Waals surface area contributed by atoms with Gasteiger partial charge in [-0.3, -0.25) is 0 Å². The van der Waals surface area contributed by atoms with Gasteiger partial charge in [0.2, 0.25) is 0 Å². The van der Waals surface area contributed by atoms with Gasteiger partial charge in [-0.1, -0.05) is 18.2 Å². The molecule has 9 heteroatoms. The highest BCUT2D eigenvalue weighted by molar-refractivity contribution is 7.92. The molecule has 144 valence electrons. The molecule has 0 bridgehead atoms. The molecule has 1 atom stereocenters. The molecule has 0 saturated carbocycles. The van der Waals surface area contributed by atoms with Gasteiger partial charge in [0.1, 0.15) is 9.92 Å². The third-order valence-corrected chi connectivity index (χ3v) is 5.86. The zero-order valence-electron chi connectivity index (χ0n) is 14.4. The smallest absolute Gasteiger partial charge is 0.383 e. The maximum atomic E-state index is 13.5. The summed E-state index contributed by atoms with van der Waals surface area (Å²) in [4.78, 5) is 3.20. The third kappa shape index (κ3) is 4.32. The van der Waals surface area contributed by atoms with Crippen LogP contribution >= 0.6 is 0 Å². The lowest BCUT2D eigenvalue weighted by Crippen LogP contribution is -2.27. The van der Waals surface area contributed by atoms with E-state index < -0.39 is 21.7 Å². The van der Waals surface area contributed by atoms with E-state index >= 15 is 0 Å². The van der Waals surface area contributed by atoms with Gasteiger partial charge in [-0.25, -0.2) is 8.93 Å². The second-order valence-electron chi connectivity index (χ2n) is 5.75. The van der Waals surface area contributed by atoms with Crippen LogP contribution in [0.4, 0.5) is 18.9 Å². The fourth-order valence-corrected chi connectivity index (χ4v) is 4.18. The number of nitrogens with zero attached hydrogens (tertiary/aromatic N) is 1. The largest absolute Gasteiger partial charge is 0.416 e. The van der Waals surface area contributed by atoms with E-state index in [0.29, 0.717) is 5.69 Å². The molecular weight excluding hydrogens is 379 g/mol. The minimum absolute atomic E-state index is 0.164. The normalized spacial score (nSPS) is 14.2. The minimum atomic E-state index is -4.46. The zero-order valence-corrected chi connectivity index (χ0v) is 15.2. The van der Waals surface area contributed by atoms with Crippen LogP contribution in [0.1, 0.15) is 5.56 Å². The Morgan fingerprint density at radius 3 is 2.52 bits per heavy atom. The highest BCUT2D eigenvalue weighted by atomic mass is 32.2. The van der Waals surface area contributed by atoms with E-state index in [4.69, 9.17) is 4.74 Å². The predicted molar refractivity (Wildman–Crippen MR) is 98.1 cm³/mol. The summed E-state index contributed by atoms with van der Waals surface area (Å²) >= 11 is 0. The lowest BCUT2D eigenvalue weighted by molar-refractivity contribution is -0.137. The van der Waals surface area contributed by atoms with E-state index in [0.717, 1.165) is 23.0 Å². The fraction of sp³-hybridized carbons (Fsp3) is 0.222. The average Bonchev–Trinajstić information content (AvgIpc) is 3.04. The maximum Gasteiger partial charge on any atom is 0.416 e. The van der Waals surface area contributed by atoms with Gasteiger partial charge in [-0.15, -0.1) is 0 Å². The number of rotatable bonds is 6. The van der Waals surface area contributed by atoms with Crippen molar-refractivity contribution >= 4 is 26.5 Å². The Morgan fingerprint density at radius 1 is 1.15 bits per heavy atom. The first-order chi connectivity index (χ1) is 12.8. The number of ether oxygens (including phenoxy) is 1. The van der Waals surface area contributed by atoms with Crippen molar-refractivity contribution in [1.29, 1.82) is 0 Å². The van der Waals surface area contributed by atoms with Gasteiger partial charge in [0, 0.05) is 30.8 Å². The van der Waals surface area contributed by atoms with Crippen molar-refractivity contribution in [3.63, 3.8) is 0 Å². The Balaban J connectivity index is 2.07. The number of halogens is 3. The first-order valence-electron chi connectivity index (χ1n) is 8.07. The van der Waals surface area contributed by atoms with E-state index in [9.17, 15) is 17.4 Å². The van der Waals surface area contributed by atoms with Crippen LogP contribution in [0.2, 0.25) is 0 Å². The Labute approximate surface area is 154 Å². The molecule has 1 aromatic heterocycles. The highest BCUT2D eigenvalue weighted by Crippen LogP contribution is 2.31. The Kier molecular flexibility index (Phi) is 5.54. The molecule has 1 heterocycles. The van der Waals surface area contributed by atoms with Crippen molar-refractivity contribution in [2.24, 2.45) is 4.36 Å². The van der Waals surface area contributed by atoms with E-state index in [1.54, 1.807) is 6.20 Å². The molecule has 0 aliphatic carbocycles. The number of hydrogen-bond donors (Lipinski definition) is 2. The molecule has 2 N–H and O–H groups in total. The summed E-state index contributed by atoms with van der Waals surface area (Å²) in [5.74, 6) is 0. The molecule has 0 saturated heterocycles. The van der Waals surface area contributed by atoms with Crippen molar-refractivity contribution < 1.29 is 22.1 Å². The summed E-state index contributed by atoms with van der Waals surface area (Å²) in [6.07, 6.45) is -2.84. The van der Waals surface area contributed by atoms with Gasteiger partial charge in [-0.2, -0.15) is 17.5 Å². The number of aromatic nitrogens is 1. The van der Waals surface area contributed by atoms with Crippen molar-refractivity contribution in [2.75, 3.05) is 20.3 Å². The first-order valence-corrected chi connectivity index (χ1v) is 9.59. The highest BCUT2D eigenvalue weighted by Gasteiger charge is 2.30. The molecule has 0 aliphatic rings. The topological polar surface area (TPSA) is 66.5 Å². The summed E-state index contributed by atoms with van der Waals surface area (Å²) in [6, 6.07) is 11.5. The van der Waals surface area contributed by atoms with Gasteiger partial charge in [0.05, 0.1) is 22.8 Å². The van der Waals surface area contributed by atoms with Gasteiger partial charge >= 0.3 is 6.18 Å². The van der Waals surface area contributed by atoms with E-state index in [1.165, 1.54) is 19.2 Å². The number of methoxy groups -OCH3 is 1. The number of benzene rings is 2. The van der Waals surface area contributed by atoms with Crippen LogP contribution in [-0.2, 0) is 20.8 Å². The van der Waals surface area contributed by atoms with Crippen molar-refractivity contribution in [3.8, 4) is 0 Å². The monoisotopic (exact) mass is 397 g/mol. The Hall–Kier alpha value is -2.36. The first kappa shape index (κ1) is 19.4. The number of fused-ring (bicyclic) bond motifs is 1. The van der Waals surface area contributed by atoms with Crippen molar-refractivity contribution in [2.45, 2.75) is 11.1 Å². The summed E-state index contributed by atoms with van der Waals surface area (Å²) in [5, 5.41) is 0.769.